The van der Waals surface area contributed by atoms with E-state index in [4.69, 9.17) is 4.74 Å². The SMILES string of the molecule is CNC(=O)COc1cncc(Br)c1. The third kappa shape index (κ3) is 3.42. The number of ether oxygens (including phenoxy) is 1. The van der Waals surface area contributed by atoms with E-state index in [0.29, 0.717) is 5.75 Å². The number of aromatic nitrogens is 1. The Morgan fingerprint density at radius 3 is 3.08 bits per heavy atom. The zero-order valence-electron chi connectivity index (χ0n) is 7.08. The average Bonchev–Trinajstić information content (AvgIpc) is 2.14. The third-order valence-corrected chi connectivity index (χ3v) is 1.76. The topological polar surface area (TPSA) is 51.2 Å². The number of carbonyl (C=O) groups is 1. The Morgan fingerprint density at radius 1 is 1.69 bits per heavy atom. The number of hydrogen-bond donors (Lipinski definition) is 1. The van der Waals surface area contributed by atoms with Crippen LogP contribution >= 0.6 is 15.9 Å². The smallest absolute Gasteiger partial charge is 0.257 e. The van der Waals surface area contributed by atoms with Gasteiger partial charge in [-0.1, -0.05) is 0 Å². The maximum atomic E-state index is 10.8. The first-order valence-corrected chi connectivity index (χ1v) is 4.45. The monoisotopic (exact) mass is 244 g/mol. The number of hydrogen-bond acceptors (Lipinski definition) is 3. The summed E-state index contributed by atoms with van der Waals surface area (Å²) in [5.74, 6) is 0.401. The van der Waals surface area contributed by atoms with E-state index >= 15 is 0 Å². The van der Waals surface area contributed by atoms with Crippen LogP contribution in [0.25, 0.3) is 0 Å². The van der Waals surface area contributed by atoms with E-state index < -0.39 is 0 Å². The lowest BCUT2D eigenvalue weighted by molar-refractivity contribution is -0.122. The summed E-state index contributed by atoms with van der Waals surface area (Å²) in [6, 6.07) is 1.75. The molecule has 0 fully saturated rings. The van der Waals surface area contributed by atoms with Gasteiger partial charge in [0.2, 0.25) is 0 Å². The van der Waals surface area contributed by atoms with Crippen LogP contribution in [0.2, 0.25) is 0 Å². The normalized spacial score (nSPS) is 9.38. The van der Waals surface area contributed by atoms with Crippen LogP contribution in [0.4, 0.5) is 0 Å². The Hall–Kier alpha value is -1.10. The Morgan fingerprint density at radius 2 is 2.46 bits per heavy atom. The quantitative estimate of drug-likeness (QED) is 0.863. The highest BCUT2D eigenvalue weighted by molar-refractivity contribution is 9.10. The van der Waals surface area contributed by atoms with E-state index in [0.717, 1.165) is 4.47 Å². The van der Waals surface area contributed by atoms with Gasteiger partial charge in [0, 0.05) is 17.7 Å². The molecule has 0 atom stereocenters. The minimum atomic E-state index is -0.167. The lowest BCUT2D eigenvalue weighted by Gasteiger charge is -2.03. The van der Waals surface area contributed by atoms with Crippen molar-refractivity contribution in [1.29, 1.82) is 0 Å². The molecule has 5 heteroatoms. The Bertz CT molecular complexity index is 304. The zero-order chi connectivity index (χ0) is 9.68. The molecule has 0 saturated carbocycles. The van der Waals surface area contributed by atoms with Gasteiger partial charge >= 0.3 is 0 Å². The van der Waals surface area contributed by atoms with Gasteiger partial charge in [-0.05, 0) is 22.0 Å². The summed E-state index contributed by atoms with van der Waals surface area (Å²) in [4.78, 5) is 14.7. The number of nitrogens with one attached hydrogen (secondary N) is 1. The molecule has 0 unspecified atom stereocenters. The molecule has 0 bridgehead atoms. The maximum absolute atomic E-state index is 10.8. The minimum Gasteiger partial charge on any atom is -0.482 e. The van der Waals surface area contributed by atoms with Crippen molar-refractivity contribution in [1.82, 2.24) is 10.3 Å². The van der Waals surface area contributed by atoms with Crippen molar-refractivity contribution in [2.45, 2.75) is 0 Å². The molecule has 13 heavy (non-hydrogen) atoms. The van der Waals surface area contributed by atoms with Crippen LogP contribution < -0.4 is 10.1 Å². The van der Waals surface area contributed by atoms with Gasteiger partial charge in [-0.15, -0.1) is 0 Å². The lowest BCUT2D eigenvalue weighted by atomic mass is 10.5. The molecule has 0 aromatic carbocycles. The van der Waals surface area contributed by atoms with E-state index in [1.807, 2.05) is 0 Å². The Labute approximate surface area is 84.4 Å². The van der Waals surface area contributed by atoms with Crippen molar-refractivity contribution in [3.05, 3.63) is 22.9 Å². The number of carbonyl (C=O) groups excluding carboxylic acids is 1. The summed E-state index contributed by atoms with van der Waals surface area (Å²) in [5, 5.41) is 2.45. The molecule has 1 amide bonds. The molecule has 0 aliphatic carbocycles. The molecule has 1 heterocycles. The molecule has 0 aliphatic rings. The summed E-state index contributed by atoms with van der Waals surface area (Å²) in [5.41, 5.74) is 0. The molecule has 4 nitrogen and oxygen atoms in total. The number of amides is 1. The maximum Gasteiger partial charge on any atom is 0.257 e. The van der Waals surface area contributed by atoms with Crippen LogP contribution in [-0.2, 0) is 4.79 Å². The highest BCUT2D eigenvalue weighted by atomic mass is 79.9. The molecule has 0 radical (unpaired) electrons. The lowest BCUT2D eigenvalue weighted by Crippen LogP contribution is -2.24. The molecule has 1 aromatic heterocycles. The number of halogens is 1. The molecule has 0 saturated heterocycles. The standard InChI is InChI=1S/C8H9BrN2O2/c1-10-8(12)5-13-7-2-6(9)3-11-4-7/h2-4H,5H2,1H3,(H,10,12). The van der Waals surface area contributed by atoms with Gasteiger partial charge in [0.25, 0.3) is 5.91 Å². The Balaban J connectivity index is 2.50. The Kier molecular flexibility index (Phi) is 3.70. The second kappa shape index (κ2) is 4.81. The largest absolute Gasteiger partial charge is 0.482 e. The fraction of sp³-hybridized carbons (Fsp3) is 0.250. The molecule has 0 spiro atoms. The zero-order valence-corrected chi connectivity index (χ0v) is 8.67. The second-order valence-corrected chi connectivity index (χ2v) is 3.22. The van der Waals surface area contributed by atoms with Crippen LogP contribution in [-0.4, -0.2) is 24.5 Å². The van der Waals surface area contributed by atoms with Gasteiger partial charge in [0.15, 0.2) is 6.61 Å². The average molecular weight is 245 g/mol. The second-order valence-electron chi connectivity index (χ2n) is 2.30. The van der Waals surface area contributed by atoms with Crippen molar-refractivity contribution >= 4 is 21.8 Å². The van der Waals surface area contributed by atoms with Crippen LogP contribution in [0.1, 0.15) is 0 Å². The highest BCUT2D eigenvalue weighted by Gasteiger charge is 1.99. The molecule has 1 rings (SSSR count). The molecule has 0 aliphatic heterocycles. The summed E-state index contributed by atoms with van der Waals surface area (Å²) in [6.07, 6.45) is 3.19. The third-order valence-electron chi connectivity index (χ3n) is 1.33. The molecular weight excluding hydrogens is 236 g/mol. The van der Waals surface area contributed by atoms with E-state index in [1.54, 1.807) is 25.5 Å². The van der Waals surface area contributed by atoms with Crippen molar-refractivity contribution in [3.8, 4) is 5.75 Å². The summed E-state index contributed by atoms with van der Waals surface area (Å²) in [7, 11) is 1.56. The summed E-state index contributed by atoms with van der Waals surface area (Å²) < 4.78 is 5.96. The van der Waals surface area contributed by atoms with Gasteiger partial charge in [-0.3, -0.25) is 9.78 Å². The summed E-state index contributed by atoms with van der Waals surface area (Å²) in [6.45, 7) is 0.00856. The predicted octanol–water partition coefficient (Wildman–Crippen LogP) is 0.969. The molecular formula is C8H9BrN2O2. The van der Waals surface area contributed by atoms with E-state index in [1.165, 1.54) is 0 Å². The fourth-order valence-corrected chi connectivity index (χ4v) is 1.04. The van der Waals surface area contributed by atoms with Crippen LogP contribution in [0, 0.1) is 0 Å². The number of nitrogens with zero attached hydrogens (tertiary/aromatic N) is 1. The molecule has 70 valence electrons. The number of pyridine rings is 1. The fourth-order valence-electron chi connectivity index (χ4n) is 0.692. The van der Waals surface area contributed by atoms with E-state index in [2.05, 4.69) is 26.2 Å². The van der Waals surface area contributed by atoms with Gasteiger partial charge in [0.05, 0.1) is 6.20 Å². The first-order chi connectivity index (χ1) is 6.22. The first kappa shape index (κ1) is 9.98. The summed E-state index contributed by atoms with van der Waals surface area (Å²) >= 11 is 3.24. The van der Waals surface area contributed by atoms with Crippen molar-refractivity contribution < 1.29 is 9.53 Å². The number of rotatable bonds is 3. The predicted molar refractivity (Wildman–Crippen MR) is 51.5 cm³/mol. The van der Waals surface area contributed by atoms with E-state index in [9.17, 15) is 4.79 Å². The van der Waals surface area contributed by atoms with Crippen LogP contribution in [0.5, 0.6) is 5.75 Å². The van der Waals surface area contributed by atoms with E-state index in [-0.39, 0.29) is 12.5 Å². The van der Waals surface area contributed by atoms with Gasteiger partial charge in [-0.2, -0.15) is 0 Å². The van der Waals surface area contributed by atoms with Gasteiger partial charge in [0.1, 0.15) is 5.75 Å². The minimum absolute atomic E-state index is 0.00856. The van der Waals surface area contributed by atoms with Gasteiger partial charge < -0.3 is 10.1 Å². The first-order valence-electron chi connectivity index (χ1n) is 3.66. The molecule has 1 N–H and O–H groups in total. The van der Waals surface area contributed by atoms with Crippen molar-refractivity contribution in [3.63, 3.8) is 0 Å². The number of likely N-dealkylation sites (N-methyl/N-ethyl adjacent to an activating group) is 1. The van der Waals surface area contributed by atoms with Crippen molar-refractivity contribution in [2.24, 2.45) is 0 Å². The van der Waals surface area contributed by atoms with Crippen LogP contribution in [0.3, 0.4) is 0 Å². The highest BCUT2D eigenvalue weighted by Crippen LogP contribution is 2.15. The molecule has 1 aromatic rings. The van der Waals surface area contributed by atoms with Crippen LogP contribution in [0.15, 0.2) is 22.9 Å². The van der Waals surface area contributed by atoms with Crippen molar-refractivity contribution in [2.75, 3.05) is 13.7 Å². The van der Waals surface area contributed by atoms with Gasteiger partial charge in [-0.25, -0.2) is 0 Å².